The van der Waals surface area contributed by atoms with Gasteiger partial charge in [0.2, 0.25) is 6.79 Å². The predicted octanol–water partition coefficient (Wildman–Crippen LogP) is 3.75. The number of aryl methyl sites for hydroxylation is 1. The standard InChI is InChI=1S/C22H20N2O5S/c1-13-21(14(2)25)30-22(24-13)16-4-6-17(7-5-16)27-11-20(26)23-10-15-3-8-18-19(9-15)29-12-28-18/h3-9H,10-12H2,1-2H3,(H,23,26). The first kappa shape index (κ1) is 19.9. The zero-order chi connectivity index (χ0) is 21.1. The molecule has 0 aliphatic carbocycles. The Hall–Kier alpha value is -3.39. The van der Waals surface area contributed by atoms with E-state index in [0.29, 0.717) is 28.7 Å². The lowest BCUT2D eigenvalue weighted by atomic mass is 10.2. The van der Waals surface area contributed by atoms with Gasteiger partial charge in [0.15, 0.2) is 23.9 Å². The van der Waals surface area contributed by atoms with Crippen molar-refractivity contribution in [3.05, 3.63) is 58.6 Å². The number of hydrogen-bond donors (Lipinski definition) is 1. The maximum Gasteiger partial charge on any atom is 0.258 e. The van der Waals surface area contributed by atoms with Crippen molar-refractivity contribution in [2.75, 3.05) is 13.4 Å². The molecule has 2 aromatic carbocycles. The maximum absolute atomic E-state index is 12.1. The van der Waals surface area contributed by atoms with Gasteiger partial charge in [0.25, 0.3) is 5.91 Å². The van der Waals surface area contributed by atoms with Crippen LogP contribution in [0.5, 0.6) is 17.2 Å². The number of ether oxygens (including phenoxy) is 3. The number of amides is 1. The molecule has 30 heavy (non-hydrogen) atoms. The van der Waals surface area contributed by atoms with Gasteiger partial charge >= 0.3 is 0 Å². The van der Waals surface area contributed by atoms with Crippen LogP contribution in [-0.2, 0) is 11.3 Å². The van der Waals surface area contributed by atoms with Crippen molar-refractivity contribution in [1.82, 2.24) is 10.3 Å². The fourth-order valence-corrected chi connectivity index (χ4v) is 3.96. The number of rotatable bonds is 7. The number of nitrogens with zero attached hydrogens (tertiary/aromatic N) is 1. The normalized spacial score (nSPS) is 11.9. The van der Waals surface area contributed by atoms with E-state index in [-0.39, 0.29) is 25.1 Å². The Morgan fingerprint density at radius 3 is 2.63 bits per heavy atom. The first-order chi connectivity index (χ1) is 14.5. The molecule has 0 saturated carbocycles. The minimum atomic E-state index is -0.224. The number of Topliss-reactive ketones (excluding diaryl/α,β-unsaturated/α-hetero) is 1. The summed E-state index contributed by atoms with van der Waals surface area (Å²) in [6.07, 6.45) is 0. The maximum atomic E-state index is 12.1. The van der Waals surface area contributed by atoms with Crippen LogP contribution in [0.4, 0.5) is 0 Å². The van der Waals surface area contributed by atoms with Crippen molar-refractivity contribution >= 4 is 23.0 Å². The summed E-state index contributed by atoms with van der Waals surface area (Å²) in [5.41, 5.74) is 2.55. The minimum absolute atomic E-state index is 0.0166. The molecule has 1 amide bonds. The topological polar surface area (TPSA) is 86.8 Å². The molecule has 0 radical (unpaired) electrons. The summed E-state index contributed by atoms with van der Waals surface area (Å²) in [7, 11) is 0. The average molecular weight is 424 g/mol. The van der Waals surface area contributed by atoms with Gasteiger partial charge in [-0.15, -0.1) is 11.3 Å². The number of ketones is 1. The van der Waals surface area contributed by atoms with Crippen LogP contribution in [0.3, 0.4) is 0 Å². The highest BCUT2D eigenvalue weighted by Crippen LogP contribution is 2.32. The number of carbonyl (C=O) groups excluding carboxylic acids is 2. The van der Waals surface area contributed by atoms with Crippen molar-refractivity contribution < 1.29 is 23.8 Å². The Morgan fingerprint density at radius 1 is 1.13 bits per heavy atom. The molecule has 4 rings (SSSR count). The minimum Gasteiger partial charge on any atom is -0.484 e. The molecule has 0 atom stereocenters. The van der Waals surface area contributed by atoms with Crippen LogP contribution < -0.4 is 19.5 Å². The van der Waals surface area contributed by atoms with Gasteiger partial charge in [0.1, 0.15) is 10.8 Å². The molecule has 0 spiro atoms. The van der Waals surface area contributed by atoms with E-state index >= 15 is 0 Å². The molecular formula is C22H20N2O5S. The number of hydrogen-bond acceptors (Lipinski definition) is 7. The second kappa shape index (κ2) is 8.54. The summed E-state index contributed by atoms with van der Waals surface area (Å²) in [6.45, 7) is 3.88. The van der Waals surface area contributed by atoms with Gasteiger partial charge in [-0.25, -0.2) is 4.98 Å². The van der Waals surface area contributed by atoms with Gasteiger partial charge < -0.3 is 19.5 Å². The monoisotopic (exact) mass is 424 g/mol. The molecule has 1 aliphatic heterocycles. The Morgan fingerprint density at radius 2 is 1.90 bits per heavy atom. The molecule has 0 bridgehead atoms. The number of thiazole rings is 1. The van der Waals surface area contributed by atoms with Crippen molar-refractivity contribution in [1.29, 1.82) is 0 Å². The van der Waals surface area contributed by atoms with E-state index in [1.807, 2.05) is 37.3 Å². The molecular weight excluding hydrogens is 404 g/mol. The third-order valence-corrected chi connectivity index (χ3v) is 5.82. The quantitative estimate of drug-likeness (QED) is 0.582. The third-order valence-electron chi connectivity index (χ3n) is 4.51. The van der Waals surface area contributed by atoms with Crippen LogP contribution in [0.2, 0.25) is 0 Å². The van der Waals surface area contributed by atoms with Gasteiger partial charge in [0, 0.05) is 19.0 Å². The SMILES string of the molecule is CC(=O)c1sc(-c2ccc(OCC(=O)NCc3ccc4c(c3)OCO4)cc2)nc1C. The smallest absolute Gasteiger partial charge is 0.258 e. The lowest BCUT2D eigenvalue weighted by molar-refractivity contribution is -0.123. The molecule has 154 valence electrons. The van der Waals surface area contributed by atoms with E-state index in [1.54, 1.807) is 19.1 Å². The summed E-state index contributed by atoms with van der Waals surface area (Å²) in [4.78, 5) is 28.8. The number of fused-ring (bicyclic) bond motifs is 1. The van der Waals surface area contributed by atoms with Gasteiger partial charge in [-0.2, -0.15) is 0 Å². The first-order valence-electron chi connectivity index (χ1n) is 9.36. The van der Waals surface area contributed by atoms with Crippen molar-refractivity contribution in [3.8, 4) is 27.8 Å². The summed E-state index contributed by atoms with van der Waals surface area (Å²) in [5, 5.41) is 3.60. The second-order valence-corrected chi connectivity index (χ2v) is 7.77. The lowest BCUT2D eigenvalue weighted by Gasteiger charge is -2.08. The molecule has 1 N–H and O–H groups in total. The number of carbonyl (C=O) groups is 2. The van der Waals surface area contributed by atoms with Crippen LogP contribution in [0.25, 0.3) is 10.6 Å². The Kier molecular flexibility index (Phi) is 5.67. The van der Waals surface area contributed by atoms with Crippen LogP contribution in [-0.4, -0.2) is 30.1 Å². The summed E-state index contributed by atoms with van der Waals surface area (Å²) < 4.78 is 16.2. The van der Waals surface area contributed by atoms with Gasteiger partial charge in [-0.05, 0) is 48.9 Å². The van der Waals surface area contributed by atoms with Gasteiger partial charge in [0.05, 0.1) is 10.6 Å². The first-order valence-corrected chi connectivity index (χ1v) is 10.2. The fourth-order valence-electron chi connectivity index (χ4n) is 2.99. The van der Waals surface area contributed by atoms with E-state index in [9.17, 15) is 9.59 Å². The molecule has 0 fully saturated rings. The highest BCUT2D eigenvalue weighted by Gasteiger charge is 2.14. The summed E-state index contributed by atoms with van der Waals surface area (Å²) in [6, 6.07) is 12.8. The van der Waals surface area contributed by atoms with E-state index in [1.165, 1.54) is 11.3 Å². The highest BCUT2D eigenvalue weighted by atomic mass is 32.1. The molecule has 1 aliphatic rings. The third kappa shape index (κ3) is 4.44. The van der Waals surface area contributed by atoms with Crippen molar-refractivity contribution in [2.24, 2.45) is 0 Å². The van der Waals surface area contributed by atoms with Crippen LogP contribution in [0.1, 0.15) is 27.9 Å². The summed E-state index contributed by atoms with van der Waals surface area (Å²) in [5.74, 6) is 1.77. The van der Waals surface area contributed by atoms with Crippen LogP contribution >= 0.6 is 11.3 Å². The molecule has 2 heterocycles. The lowest BCUT2D eigenvalue weighted by Crippen LogP contribution is -2.28. The Labute approximate surface area is 177 Å². The Bertz CT molecular complexity index is 1090. The van der Waals surface area contributed by atoms with Crippen molar-refractivity contribution in [2.45, 2.75) is 20.4 Å². The van der Waals surface area contributed by atoms with Crippen LogP contribution in [0.15, 0.2) is 42.5 Å². The number of nitrogens with one attached hydrogen (secondary N) is 1. The fraction of sp³-hybridized carbons (Fsp3) is 0.227. The molecule has 7 nitrogen and oxygen atoms in total. The van der Waals surface area contributed by atoms with E-state index in [2.05, 4.69) is 10.3 Å². The predicted molar refractivity (Wildman–Crippen MR) is 112 cm³/mol. The average Bonchev–Trinajstić information content (AvgIpc) is 3.37. The van der Waals surface area contributed by atoms with Crippen molar-refractivity contribution in [3.63, 3.8) is 0 Å². The largest absolute Gasteiger partial charge is 0.484 e. The summed E-state index contributed by atoms with van der Waals surface area (Å²) >= 11 is 1.37. The van der Waals surface area contributed by atoms with Crippen LogP contribution in [0, 0.1) is 6.92 Å². The van der Waals surface area contributed by atoms with Gasteiger partial charge in [-0.1, -0.05) is 6.07 Å². The molecule has 3 aromatic rings. The second-order valence-electron chi connectivity index (χ2n) is 6.77. The molecule has 0 unspecified atom stereocenters. The number of benzene rings is 2. The zero-order valence-corrected chi connectivity index (χ0v) is 17.4. The van der Waals surface area contributed by atoms with E-state index in [4.69, 9.17) is 14.2 Å². The molecule has 8 heteroatoms. The Balaban J connectivity index is 1.29. The molecule has 1 aromatic heterocycles. The molecule has 0 saturated heterocycles. The zero-order valence-electron chi connectivity index (χ0n) is 16.6. The van der Waals surface area contributed by atoms with Gasteiger partial charge in [-0.3, -0.25) is 9.59 Å². The van der Waals surface area contributed by atoms with E-state index < -0.39 is 0 Å². The highest BCUT2D eigenvalue weighted by molar-refractivity contribution is 7.17. The van der Waals surface area contributed by atoms with E-state index in [0.717, 1.165) is 21.8 Å². The number of aromatic nitrogens is 1.